The van der Waals surface area contributed by atoms with Crippen LogP contribution < -0.4 is 0 Å². The van der Waals surface area contributed by atoms with Crippen LogP contribution in [0.5, 0.6) is 0 Å². The first-order valence-electron chi connectivity index (χ1n) is 9.65. The molecule has 142 valence electrons. The molecule has 1 aliphatic rings. The Morgan fingerprint density at radius 3 is 2.78 bits per heavy atom. The molecule has 0 aliphatic carbocycles. The highest BCUT2D eigenvalue weighted by Crippen LogP contribution is 2.42. The second-order valence-electron chi connectivity index (χ2n) is 8.22. The Balaban J connectivity index is 1.81. The molecule has 0 N–H and O–H groups in total. The predicted molar refractivity (Wildman–Crippen MR) is 110 cm³/mol. The fourth-order valence-corrected chi connectivity index (χ4v) is 4.76. The Labute approximate surface area is 161 Å². The Morgan fingerprint density at radius 2 is 2.07 bits per heavy atom. The number of hydrogen-bond donors (Lipinski definition) is 0. The molecule has 0 amide bonds. The summed E-state index contributed by atoms with van der Waals surface area (Å²) in [5.74, 6) is 0.404. The maximum atomic E-state index is 6.04. The summed E-state index contributed by atoms with van der Waals surface area (Å²) in [6, 6.07) is 10.9. The van der Waals surface area contributed by atoms with Gasteiger partial charge in [0.05, 0.1) is 5.60 Å². The van der Waals surface area contributed by atoms with Gasteiger partial charge in [0.25, 0.3) is 0 Å². The van der Waals surface area contributed by atoms with Crippen LogP contribution in [0.25, 0.3) is 10.9 Å². The minimum atomic E-state index is -0.360. The molecule has 0 spiro atoms. The van der Waals surface area contributed by atoms with Gasteiger partial charge in [0.15, 0.2) is 0 Å². The van der Waals surface area contributed by atoms with Crippen LogP contribution in [0, 0.1) is 6.92 Å². The van der Waals surface area contributed by atoms with Crippen LogP contribution in [0.3, 0.4) is 0 Å². The predicted octanol–water partition coefficient (Wildman–Crippen LogP) is 4.36. The standard InChI is InChI=1S/C23H29N3O/c1-16-8-9-21-19(11-16)20-15-25(3)14-17(22(20)26(21)4)12-23(2,27-5)18-7-6-10-24-13-18/h6-11,13,17H,12,14-15H2,1-5H3. The third kappa shape index (κ3) is 3.07. The van der Waals surface area contributed by atoms with E-state index in [0.717, 1.165) is 25.1 Å². The van der Waals surface area contributed by atoms with E-state index in [-0.39, 0.29) is 5.60 Å². The maximum Gasteiger partial charge on any atom is 0.0921 e. The van der Waals surface area contributed by atoms with Gasteiger partial charge in [0.1, 0.15) is 0 Å². The van der Waals surface area contributed by atoms with Crippen molar-refractivity contribution in [3.05, 3.63) is 65.1 Å². The van der Waals surface area contributed by atoms with Gasteiger partial charge in [-0.05, 0) is 51.1 Å². The normalized spacial score (nSPS) is 19.8. The lowest BCUT2D eigenvalue weighted by molar-refractivity contribution is -0.0154. The number of benzene rings is 1. The molecule has 4 nitrogen and oxygen atoms in total. The van der Waals surface area contributed by atoms with E-state index in [1.165, 1.54) is 27.7 Å². The molecule has 4 heteroatoms. The maximum absolute atomic E-state index is 6.04. The minimum absolute atomic E-state index is 0.360. The van der Waals surface area contributed by atoms with Crippen molar-refractivity contribution >= 4 is 10.9 Å². The number of likely N-dealkylation sites (N-methyl/N-ethyl adjacent to an activating group) is 1. The zero-order valence-electron chi connectivity index (χ0n) is 17.0. The van der Waals surface area contributed by atoms with Gasteiger partial charge in [-0.2, -0.15) is 0 Å². The van der Waals surface area contributed by atoms with Crippen LogP contribution in [-0.4, -0.2) is 35.2 Å². The summed E-state index contributed by atoms with van der Waals surface area (Å²) in [5.41, 5.74) is 6.35. The summed E-state index contributed by atoms with van der Waals surface area (Å²) in [5, 5.41) is 1.39. The van der Waals surface area contributed by atoms with Gasteiger partial charge >= 0.3 is 0 Å². The number of ether oxygens (including phenoxy) is 1. The molecule has 0 fully saturated rings. The number of pyridine rings is 1. The zero-order valence-corrected chi connectivity index (χ0v) is 17.0. The van der Waals surface area contributed by atoms with Crippen molar-refractivity contribution < 1.29 is 4.74 Å². The summed E-state index contributed by atoms with van der Waals surface area (Å²) in [7, 11) is 6.24. The monoisotopic (exact) mass is 363 g/mol. The summed E-state index contributed by atoms with van der Waals surface area (Å²) in [4.78, 5) is 6.76. The molecule has 1 aromatic carbocycles. The molecule has 4 rings (SSSR count). The minimum Gasteiger partial charge on any atom is -0.374 e. The lowest BCUT2D eigenvalue weighted by Gasteiger charge is -2.37. The number of hydrogen-bond acceptors (Lipinski definition) is 3. The van der Waals surface area contributed by atoms with Crippen LogP contribution in [-0.2, 0) is 23.9 Å². The van der Waals surface area contributed by atoms with Crippen LogP contribution in [0.2, 0.25) is 0 Å². The van der Waals surface area contributed by atoms with Gasteiger partial charge in [-0.25, -0.2) is 0 Å². The lowest BCUT2D eigenvalue weighted by atomic mass is 9.82. The summed E-state index contributed by atoms with van der Waals surface area (Å²) in [6.07, 6.45) is 4.68. The van der Waals surface area contributed by atoms with Gasteiger partial charge in [0, 0.05) is 67.7 Å². The average Bonchev–Trinajstić information content (AvgIpc) is 2.94. The van der Waals surface area contributed by atoms with Crippen molar-refractivity contribution in [2.45, 2.75) is 38.3 Å². The van der Waals surface area contributed by atoms with E-state index in [0.29, 0.717) is 5.92 Å². The molecule has 3 heterocycles. The average molecular weight is 364 g/mol. The van der Waals surface area contributed by atoms with Crippen molar-refractivity contribution in [3.8, 4) is 0 Å². The van der Waals surface area contributed by atoms with Crippen LogP contribution in [0.1, 0.15) is 41.6 Å². The number of aromatic nitrogens is 2. The topological polar surface area (TPSA) is 30.3 Å². The molecular formula is C23H29N3O. The van der Waals surface area contributed by atoms with Gasteiger partial charge in [-0.15, -0.1) is 0 Å². The van der Waals surface area contributed by atoms with Gasteiger partial charge in [0.2, 0.25) is 0 Å². The zero-order chi connectivity index (χ0) is 19.2. The molecule has 27 heavy (non-hydrogen) atoms. The Morgan fingerprint density at radius 1 is 1.26 bits per heavy atom. The smallest absolute Gasteiger partial charge is 0.0921 e. The third-order valence-electron chi connectivity index (χ3n) is 6.21. The van der Waals surface area contributed by atoms with Crippen molar-refractivity contribution in [2.75, 3.05) is 20.7 Å². The largest absolute Gasteiger partial charge is 0.374 e. The molecular weight excluding hydrogens is 334 g/mol. The number of fused-ring (bicyclic) bond motifs is 3. The highest BCUT2D eigenvalue weighted by molar-refractivity contribution is 5.86. The fraction of sp³-hybridized carbons (Fsp3) is 0.435. The SMILES string of the molecule is COC(C)(CC1CN(C)Cc2c1n(C)c1ccc(C)cc21)c1cccnc1. The Hall–Kier alpha value is -2.17. The van der Waals surface area contributed by atoms with E-state index in [9.17, 15) is 0 Å². The molecule has 0 radical (unpaired) electrons. The Kier molecular flexibility index (Phi) is 4.57. The fourth-order valence-electron chi connectivity index (χ4n) is 4.76. The molecule has 2 unspecified atom stereocenters. The first-order chi connectivity index (χ1) is 12.9. The van der Waals surface area contributed by atoms with E-state index in [2.05, 4.69) is 66.7 Å². The van der Waals surface area contributed by atoms with Crippen molar-refractivity contribution in [3.63, 3.8) is 0 Å². The Bertz CT molecular complexity index is 963. The highest BCUT2D eigenvalue weighted by atomic mass is 16.5. The summed E-state index contributed by atoms with van der Waals surface area (Å²) in [6.45, 7) is 6.40. The number of rotatable bonds is 4. The quantitative estimate of drug-likeness (QED) is 0.690. The first kappa shape index (κ1) is 18.2. The highest BCUT2D eigenvalue weighted by Gasteiger charge is 2.36. The number of methoxy groups -OCH3 is 1. The first-order valence-corrected chi connectivity index (χ1v) is 9.65. The van der Waals surface area contributed by atoms with Crippen LogP contribution in [0.15, 0.2) is 42.7 Å². The van der Waals surface area contributed by atoms with E-state index in [1.807, 2.05) is 25.6 Å². The molecule has 0 bridgehead atoms. The second kappa shape index (κ2) is 6.77. The third-order valence-corrected chi connectivity index (χ3v) is 6.21. The van der Waals surface area contributed by atoms with Gasteiger partial charge < -0.3 is 14.2 Å². The van der Waals surface area contributed by atoms with E-state index in [1.54, 1.807) is 0 Å². The molecule has 0 saturated carbocycles. The molecule has 2 aromatic heterocycles. The van der Waals surface area contributed by atoms with E-state index >= 15 is 0 Å². The second-order valence-corrected chi connectivity index (χ2v) is 8.22. The van der Waals surface area contributed by atoms with Gasteiger partial charge in [-0.1, -0.05) is 17.7 Å². The molecule has 1 aliphatic heterocycles. The van der Waals surface area contributed by atoms with Crippen molar-refractivity contribution in [1.29, 1.82) is 0 Å². The summed E-state index contributed by atoms with van der Waals surface area (Å²) < 4.78 is 8.45. The number of nitrogens with zero attached hydrogens (tertiary/aromatic N) is 3. The number of aryl methyl sites for hydroxylation is 2. The van der Waals surface area contributed by atoms with Crippen molar-refractivity contribution in [2.24, 2.45) is 7.05 Å². The molecule has 0 saturated heterocycles. The lowest BCUT2D eigenvalue weighted by Crippen LogP contribution is -2.36. The van der Waals surface area contributed by atoms with E-state index < -0.39 is 0 Å². The molecule has 3 aromatic rings. The van der Waals surface area contributed by atoms with Crippen LogP contribution >= 0.6 is 0 Å². The van der Waals surface area contributed by atoms with Crippen LogP contribution in [0.4, 0.5) is 0 Å². The van der Waals surface area contributed by atoms with Gasteiger partial charge in [-0.3, -0.25) is 4.98 Å². The summed E-state index contributed by atoms with van der Waals surface area (Å²) >= 11 is 0. The van der Waals surface area contributed by atoms with E-state index in [4.69, 9.17) is 4.74 Å². The molecule has 2 atom stereocenters. The van der Waals surface area contributed by atoms with Crippen molar-refractivity contribution in [1.82, 2.24) is 14.5 Å².